The minimum atomic E-state index is -0.805. The number of benzene rings is 1. The first-order chi connectivity index (χ1) is 12.9. The number of nitrogens with zero attached hydrogens (tertiary/aromatic N) is 4. The highest BCUT2D eigenvalue weighted by Gasteiger charge is 2.23. The summed E-state index contributed by atoms with van der Waals surface area (Å²) in [5.41, 5.74) is 3.99. The van der Waals surface area contributed by atoms with E-state index < -0.39 is 6.10 Å². The summed E-state index contributed by atoms with van der Waals surface area (Å²) in [4.78, 5) is 0. The van der Waals surface area contributed by atoms with E-state index >= 15 is 0 Å². The van der Waals surface area contributed by atoms with Gasteiger partial charge < -0.3 is 5.11 Å². The number of hydrogen-bond donors (Lipinski definition) is 1. The molecule has 0 radical (unpaired) electrons. The summed E-state index contributed by atoms with van der Waals surface area (Å²) >= 11 is 6.18. The van der Waals surface area contributed by atoms with Crippen LogP contribution in [-0.2, 0) is 13.1 Å². The first kappa shape index (κ1) is 18.2. The van der Waals surface area contributed by atoms with Gasteiger partial charge in [-0.3, -0.25) is 9.36 Å². The molecule has 1 aliphatic carbocycles. The highest BCUT2D eigenvalue weighted by atomic mass is 35.5. The maximum atomic E-state index is 13.7. The van der Waals surface area contributed by atoms with E-state index in [1.165, 1.54) is 25.0 Å². The van der Waals surface area contributed by atoms with Crippen LogP contribution in [0.5, 0.6) is 0 Å². The summed E-state index contributed by atoms with van der Waals surface area (Å²) in [5.74, 6) is 0.365. The van der Waals surface area contributed by atoms with Crippen LogP contribution >= 0.6 is 11.6 Å². The Kier molecular flexibility index (Phi) is 4.78. The van der Waals surface area contributed by atoms with E-state index in [1.54, 1.807) is 23.7 Å². The van der Waals surface area contributed by atoms with E-state index in [0.29, 0.717) is 22.8 Å². The molecule has 3 aromatic rings. The molecule has 2 heterocycles. The van der Waals surface area contributed by atoms with Crippen LogP contribution in [0.3, 0.4) is 0 Å². The van der Waals surface area contributed by atoms with Crippen molar-refractivity contribution in [3.8, 4) is 11.3 Å². The van der Waals surface area contributed by atoms with Gasteiger partial charge in [-0.05, 0) is 56.4 Å². The average molecular weight is 389 g/mol. The molecule has 0 saturated heterocycles. The Bertz CT molecular complexity index is 975. The number of halogens is 2. The predicted octanol–water partition coefficient (Wildman–Crippen LogP) is 4.36. The van der Waals surface area contributed by atoms with Crippen molar-refractivity contribution in [3.05, 3.63) is 58.3 Å². The molecule has 4 rings (SSSR count). The molecule has 142 valence electrons. The van der Waals surface area contributed by atoms with Crippen molar-refractivity contribution >= 4 is 11.6 Å². The van der Waals surface area contributed by atoms with Crippen LogP contribution in [0.15, 0.2) is 30.5 Å². The molecule has 0 amide bonds. The van der Waals surface area contributed by atoms with Gasteiger partial charge in [0.1, 0.15) is 5.82 Å². The zero-order valence-corrected chi connectivity index (χ0v) is 16.1. The molecule has 0 unspecified atom stereocenters. The Morgan fingerprint density at radius 1 is 1.30 bits per heavy atom. The zero-order valence-electron chi connectivity index (χ0n) is 15.4. The molecule has 27 heavy (non-hydrogen) atoms. The fraction of sp³-hybridized carbons (Fsp3) is 0.400. The van der Waals surface area contributed by atoms with Gasteiger partial charge in [0.05, 0.1) is 24.0 Å². The third-order valence-electron chi connectivity index (χ3n) is 5.00. The van der Waals surface area contributed by atoms with E-state index in [4.69, 9.17) is 11.6 Å². The van der Waals surface area contributed by atoms with E-state index in [9.17, 15) is 9.50 Å². The third kappa shape index (κ3) is 3.92. The van der Waals surface area contributed by atoms with E-state index in [0.717, 1.165) is 29.4 Å². The largest absolute Gasteiger partial charge is 0.389 e. The molecular formula is C20H22ClFN4O. The lowest BCUT2D eigenvalue weighted by molar-refractivity contribution is 0.199. The number of aliphatic hydroxyl groups is 1. The van der Waals surface area contributed by atoms with Crippen molar-refractivity contribution in [3.63, 3.8) is 0 Å². The van der Waals surface area contributed by atoms with Gasteiger partial charge >= 0.3 is 0 Å². The van der Waals surface area contributed by atoms with E-state index in [-0.39, 0.29) is 5.82 Å². The molecule has 5 nitrogen and oxygen atoms in total. The first-order valence-electron chi connectivity index (χ1n) is 9.15. The molecule has 1 atom stereocenters. The monoisotopic (exact) mass is 388 g/mol. The van der Waals surface area contributed by atoms with Gasteiger partial charge in [-0.1, -0.05) is 11.6 Å². The predicted molar refractivity (Wildman–Crippen MR) is 102 cm³/mol. The number of aryl methyl sites for hydroxylation is 1. The summed E-state index contributed by atoms with van der Waals surface area (Å²) in [5, 5.41) is 19.4. The second kappa shape index (κ2) is 7.09. The van der Waals surface area contributed by atoms with Gasteiger partial charge in [-0.25, -0.2) is 4.39 Å². The maximum absolute atomic E-state index is 13.7. The molecule has 1 fully saturated rings. The van der Waals surface area contributed by atoms with Gasteiger partial charge in [0.2, 0.25) is 0 Å². The lowest BCUT2D eigenvalue weighted by atomic mass is 10.0. The molecule has 1 aromatic carbocycles. The highest BCUT2D eigenvalue weighted by Crippen LogP contribution is 2.32. The molecule has 2 aromatic heterocycles. The lowest BCUT2D eigenvalue weighted by Crippen LogP contribution is -2.06. The van der Waals surface area contributed by atoms with Crippen LogP contribution in [0.25, 0.3) is 11.3 Å². The van der Waals surface area contributed by atoms with E-state index in [2.05, 4.69) is 16.4 Å². The topological polar surface area (TPSA) is 55.9 Å². The Hall–Kier alpha value is -2.18. The first-order valence-corrected chi connectivity index (χ1v) is 9.52. The van der Waals surface area contributed by atoms with Crippen LogP contribution in [-0.4, -0.2) is 24.7 Å². The molecule has 1 saturated carbocycles. The maximum Gasteiger partial charge on any atom is 0.151 e. The second-order valence-electron chi connectivity index (χ2n) is 7.32. The summed E-state index contributed by atoms with van der Waals surface area (Å²) in [6, 6.07) is 6.13. The van der Waals surface area contributed by atoms with Crippen molar-refractivity contribution in [2.75, 3.05) is 0 Å². The smallest absolute Gasteiger partial charge is 0.151 e. The summed E-state index contributed by atoms with van der Waals surface area (Å²) in [7, 11) is 0. The van der Waals surface area contributed by atoms with Crippen molar-refractivity contribution < 1.29 is 9.50 Å². The lowest BCUT2D eigenvalue weighted by Gasteiger charge is -2.14. The van der Waals surface area contributed by atoms with Gasteiger partial charge in [-0.2, -0.15) is 10.2 Å². The van der Waals surface area contributed by atoms with Crippen LogP contribution in [0.4, 0.5) is 4.39 Å². The molecule has 0 bridgehead atoms. The van der Waals surface area contributed by atoms with Gasteiger partial charge in [0.15, 0.2) is 5.15 Å². The Balaban J connectivity index is 1.69. The summed E-state index contributed by atoms with van der Waals surface area (Å²) in [6.45, 7) is 5.07. The minimum absolute atomic E-state index is 0.355. The van der Waals surface area contributed by atoms with Crippen molar-refractivity contribution in [2.24, 2.45) is 5.92 Å². The molecule has 1 aliphatic rings. The van der Waals surface area contributed by atoms with Crippen LogP contribution in [0.1, 0.15) is 42.7 Å². The van der Waals surface area contributed by atoms with Crippen molar-refractivity contribution in [1.82, 2.24) is 19.6 Å². The normalized spacial score (nSPS) is 15.3. The van der Waals surface area contributed by atoms with Crippen LogP contribution in [0.2, 0.25) is 5.15 Å². The molecular weight excluding hydrogens is 367 g/mol. The van der Waals surface area contributed by atoms with Crippen molar-refractivity contribution in [2.45, 2.75) is 45.9 Å². The van der Waals surface area contributed by atoms with Gasteiger partial charge in [-0.15, -0.1) is 0 Å². The Morgan fingerprint density at radius 2 is 2.07 bits per heavy atom. The standard InChI is InChI=1S/C20H22ClFN4O/c1-12-15(10-25(23-12)9-14-3-4-14)11-26-19(8-20(21)24-26)17-6-5-16(22)7-18(17)13(2)27/h5-8,10,13-14,27H,3-4,9,11H2,1-2H3/t13-/m1/s1. The molecule has 7 heteroatoms. The number of hydrogen-bond acceptors (Lipinski definition) is 3. The highest BCUT2D eigenvalue weighted by molar-refractivity contribution is 6.29. The summed E-state index contributed by atoms with van der Waals surface area (Å²) < 4.78 is 17.5. The SMILES string of the molecule is Cc1nn(CC2CC2)cc1Cn1nc(Cl)cc1-c1ccc(F)cc1[C@@H](C)O. The quantitative estimate of drug-likeness (QED) is 0.682. The number of aliphatic hydroxyl groups excluding tert-OH is 1. The summed E-state index contributed by atoms with van der Waals surface area (Å²) in [6.07, 6.45) is 3.81. The molecule has 1 N–H and O–H groups in total. The fourth-order valence-corrected chi connectivity index (χ4v) is 3.56. The van der Waals surface area contributed by atoms with Crippen LogP contribution < -0.4 is 0 Å². The van der Waals surface area contributed by atoms with E-state index in [1.807, 2.05) is 11.6 Å². The molecule has 0 aliphatic heterocycles. The zero-order chi connectivity index (χ0) is 19.1. The number of aromatic nitrogens is 4. The number of rotatable bonds is 6. The van der Waals surface area contributed by atoms with Gasteiger partial charge in [0.25, 0.3) is 0 Å². The minimum Gasteiger partial charge on any atom is -0.389 e. The molecule has 0 spiro atoms. The average Bonchev–Trinajstić information content (AvgIpc) is 3.25. The Labute approximate surface area is 162 Å². The fourth-order valence-electron chi connectivity index (χ4n) is 3.37. The second-order valence-corrected chi connectivity index (χ2v) is 7.71. The van der Waals surface area contributed by atoms with Crippen molar-refractivity contribution in [1.29, 1.82) is 0 Å². The van der Waals surface area contributed by atoms with Gasteiger partial charge in [0, 0.05) is 29.9 Å². The van der Waals surface area contributed by atoms with Crippen LogP contribution in [0, 0.1) is 18.7 Å². The Morgan fingerprint density at radius 3 is 2.78 bits per heavy atom. The third-order valence-corrected chi connectivity index (χ3v) is 5.18.